The lowest BCUT2D eigenvalue weighted by molar-refractivity contribution is -0.137. The zero-order valence-corrected chi connectivity index (χ0v) is 13.3. The molecule has 0 unspecified atom stereocenters. The van der Waals surface area contributed by atoms with Crippen molar-refractivity contribution >= 4 is 39.1 Å². The minimum atomic E-state index is -4.45. The Morgan fingerprint density at radius 2 is 2.14 bits per heavy atom. The molecular weight excluding hydrogens is 333 g/mol. The largest absolute Gasteiger partial charge is 0.416 e. The van der Waals surface area contributed by atoms with E-state index < -0.39 is 17.7 Å². The molecule has 0 radical (unpaired) electrons. The summed E-state index contributed by atoms with van der Waals surface area (Å²) in [5.41, 5.74) is -0.645. The molecule has 0 spiro atoms. The Morgan fingerprint density at radius 3 is 2.68 bits per heavy atom. The number of thiazole rings is 1. The van der Waals surface area contributed by atoms with Gasteiger partial charge in [0.25, 0.3) is 0 Å². The summed E-state index contributed by atoms with van der Waals surface area (Å²) >= 11 is 2.39. The third kappa shape index (κ3) is 3.25. The van der Waals surface area contributed by atoms with Gasteiger partial charge in [0.2, 0.25) is 0 Å². The van der Waals surface area contributed by atoms with Gasteiger partial charge in [0, 0.05) is 0 Å². The molecular formula is C14H11F3N2OS2. The smallest absolute Gasteiger partial charge is 0.296 e. The summed E-state index contributed by atoms with van der Waals surface area (Å²) in [7, 11) is 0. The lowest BCUT2D eigenvalue weighted by Gasteiger charge is -2.09. The second-order valence-electron chi connectivity index (χ2n) is 4.57. The predicted molar refractivity (Wildman–Crippen MR) is 81.0 cm³/mol. The van der Waals surface area contributed by atoms with Crippen LogP contribution in [0.4, 0.5) is 13.2 Å². The molecule has 2 aromatic rings. The summed E-state index contributed by atoms with van der Waals surface area (Å²) in [5, 5.41) is 9.08. The van der Waals surface area contributed by atoms with Crippen molar-refractivity contribution in [2.75, 3.05) is 6.26 Å². The molecule has 1 aromatic heterocycles. The molecule has 0 aliphatic rings. The summed E-state index contributed by atoms with van der Waals surface area (Å²) in [4.78, 5) is 16.2. The lowest BCUT2D eigenvalue weighted by Crippen LogP contribution is -2.20. The van der Waals surface area contributed by atoms with Crippen LogP contribution in [0.1, 0.15) is 23.4 Å². The van der Waals surface area contributed by atoms with Crippen LogP contribution < -0.4 is 0 Å². The van der Waals surface area contributed by atoms with Crippen molar-refractivity contribution in [2.24, 2.45) is 0 Å². The highest BCUT2D eigenvalue weighted by Crippen LogP contribution is 2.35. The highest BCUT2D eigenvalue weighted by Gasteiger charge is 2.32. The average molecular weight is 344 g/mol. The van der Waals surface area contributed by atoms with Crippen LogP contribution in [0.3, 0.4) is 0 Å². The fourth-order valence-corrected chi connectivity index (χ4v) is 3.21. The van der Waals surface area contributed by atoms with E-state index in [1.165, 1.54) is 17.8 Å². The molecule has 2 rings (SSSR count). The molecule has 0 saturated heterocycles. The molecule has 0 aliphatic heterocycles. The molecule has 1 aromatic carbocycles. The molecule has 22 heavy (non-hydrogen) atoms. The molecule has 0 amide bonds. The first kappa shape index (κ1) is 16.8. The number of thioether (sulfide) groups is 1. The number of carbonyl (C=O) groups excluding carboxylic acids is 1. The molecule has 2 atom stereocenters. The Morgan fingerprint density at radius 1 is 1.45 bits per heavy atom. The van der Waals surface area contributed by atoms with Gasteiger partial charge in [-0.25, -0.2) is 4.98 Å². The van der Waals surface area contributed by atoms with Crippen molar-refractivity contribution < 1.29 is 18.0 Å². The molecule has 0 bridgehead atoms. The number of hydrogen-bond acceptors (Lipinski definition) is 5. The monoisotopic (exact) mass is 344 g/mol. The maximum Gasteiger partial charge on any atom is 0.416 e. The van der Waals surface area contributed by atoms with Crippen molar-refractivity contribution in [3.8, 4) is 6.07 Å². The van der Waals surface area contributed by atoms with Gasteiger partial charge in [0.1, 0.15) is 5.01 Å². The predicted octanol–water partition coefficient (Wildman–Crippen LogP) is 4.24. The van der Waals surface area contributed by atoms with Gasteiger partial charge in [-0.15, -0.1) is 11.3 Å². The van der Waals surface area contributed by atoms with Crippen LogP contribution in [0, 0.1) is 11.3 Å². The third-order valence-corrected chi connectivity index (χ3v) is 5.19. The standard InChI is InChI=1S/C14H11F3N2OS2/c1-7(21-2)12(20)9(6-18)13-19-10-5-8(14(15,16)17)3-4-11(10)22-13/h3-5,7,9H,1-2H3/t7-,9+/m1/s1. The third-order valence-electron chi connectivity index (χ3n) is 3.15. The second kappa shape index (κ2) is 6.26. The van der Waals surface area contributed by atoms with Crippen LogP contribution in [0.25, 0.3) is 10.2 Å². The van der Waals surface area contributed by atoms with E-state index in [-0.39, 0.29) is 21.6 Å². The minimum absolute atomic E-state index is 0.152. The van der Waals surface area contributed by atoms with Crippen LogP contribution in [-0.4, -0.2) is 22.3 Å². The van der Waals surface area contributed by atoms with E-state index in [2.05, 4.69) is 4.98 Å². The van der Waals surface area contributed by atoms with E-state index in [1.807, 2.05) is 6.07 Å². The number of nitrogens with zero attached hydrogens (tertiary/aromatic N) is 2. The van der Waals surface area contributed by atoms with Crippen LogP contribution in [0.5, 0.6) is 0 Å². The van der Waals surface area contributed by atoms with E-state index in [9.17, 15) is 23.2 Å². The zero-order chi connectivity index (χ0) is 16.5. The Kier molecular flexibility index (Phi) is 4.78. The number of Topliss-reactive ketones (excluding diaryl/α,β-unsaturated/α-hetero) is 1. The average Bonchev–Trinajstić information content (AvgIpc) is 2.88. The molecule has 0 aliphatic carbocycles. The van der Waals surface area contributed by atoms with E-state index >= 15 is 0 Å². The van der Waals surface area contributed by atoms with Gasteiger partial charge in [0.05, 0.1) is 27.1 Å². The molecule has 0 fully saturated rings. The van der Waals surface area contributed by atoms with E-state index in [1.54, 1.807) is 13.2 Å². The number of fused-ring (bicyclic) bond motifs is 1. The van der Waals surface area contributed by atoms with Crippen molar-refractivity contribution in [1.29, 1.82) is 5.26 Å². The summed E-state index contributed by atoms with van der Waals surface area (Å²) in [6, 6.07) is 5.12. The first-order valence-corrected chi connectivity index (χ1v) is 8.32. The van der Waals surface area contributed by atoms with Crippen molar-refractivity contribution in [2.45, 2.75) is 24.3 Å². The summed E-state index contributed by atoms with van der Waals surface area (Å²) in [5.74, 6) is -1.33. The lowest BCUT2D eigenvalue weighted by atomic mass is 10.0. The number of hydrogen-bond donors (Lipinski definition) is 0. The van der Waals surface area contributed by atoms with Crippen molar-refractivity contribution in [3.63, 3.8) is 0 Å². The number of nitriles is 1. The number of aromatic nitrogens is 1. The Labute approximate surface area is 133 Å². The summed E-state index contributed by atoms with van der Waals surface area (Å²) < 4.78 is 38.6. The second-order valence-corrected chi connectivity index (χ2v) is 6.82. The maximum absolute atomic E-state index is 12.7. The maximum atomic E-state index is 12.7. The first-order chi connectivity index (χ1) is 10.3. The molecule has 8 heteroatoms. The fourth-order valence-electron chi connectivity index (χ4n) is 1.84. The van der Waals surface area contributed by atoms with Gasteiger partial charge in [-0.2, -0.15) is 30.2 Å². The summed E-state index contributed by atoms with van der Waals surface area (Å²) in [6.07, 6.45) is -2.69. The van der Waals surface area contributed by atoms with E-state index in [0.717, 1.165) is 23.5 Å². The minimum Gasteiger partial charge on any atom is -0.296 e. The van der Waals surface area contributed by atoms with Gasteiger partial charge < -0.3 is 0 Å². The Balaban J connectivity index is 2.44. The molecule has 1 heterocycles. The van der Waals surface area contributed by atoms with Crippen LogP contribution in [0.15, 0.2) is 18.2 Å². The molecule has 116 valence electrons. The number of ketones is 1. The number of benzene rings is 1. The molecule has 0 N–H and O–H groups in total. The first-order valence-electron chi connectivity index (χ1n) is 6.21. The number of carbonyl (C=O) groups is 1. The van der Waals surface area contributed by atoms with Crippen molar-refractivity contribution in [1.82, 2.24) is 4.98 Å². The quantitative estimate of drug-likeness (QED) is 0.832. The van der Waals surface area contributed by atoms with Gasteiger partial charge in [-0.05, 0) is 31.4 Å². The number of alkyl halides is 3. The zero-order valence-electron chi connectivity index (χ0n) is 11.6. The summed E-state index contributed by atoms with van der Waals surface area (Å²) in [6.45, 7) is 1.69. The van der Waals surface area contributed by atoms with Crippen LogP contribution in [0.2, 0.25) is 0 Å². The van der Waals surface area contributed by atoms with Gasteiger partial charge in [0.15, 0.2) is 11.7 Å². The van der Waals surface area contributed by atoms with Gasteiger partial charge in [-0.1, -0.05) is 0 Å². The van der Waals surface area contributed by atoms with E-state index in [4.69, 9.17) is 0 Å². The topological polar surface area (TPSA) is 53.8 Å². The fraction of sp³-hybridized carbons (Fsp3) is 0.357. The Hall–Kier alpha value is -1.59. The van der Waals surface area contributed by atoms with E-state index in [0.29, 0.717) is 4.70 Å². The van der Waals surface area contributed by atoms with Crippen molar-refractivity contribution in [3.05, 3.63) is 28.8 Å². The number of rotatable bonds is 4. The highest BCUT2D eigenvalue weighted by atomic mass is 32.2. The van der Waals surface area contributed by atoms with Gasteiger partial charge >= 0.3 is 6.18 Å². The SMILES string of the molecule is CS[C@H](C)C(=O)[C@H](C#N)c1nc2cc(C(F)(F)F)ccc2s1. The molecule has 3 nitrogen and oxygen atoms in total. The highest BCUT2D eigenvalue weighted by molar-refractivity contribution is 7.99. The number of halogens is 3. The molecule has 0 saturated carbocycles. The van der Waals surface area contributed by atoms with Crippen LogP contribution in [-0.2, 0) is 11.0 Å². The Bertz CT molecular complexity index is 749. The van der Waals surface area contributed by atoms with Gasteiger partial charge in [-0.3, -0.25) is 4.79 Å². The normalized spacial score (nSPS) is 14.5. The van der Waals surface area contributed by atoms with Crippen LogP contribution >= 0.6 is 23.1 Å².